The number of aromatic nitrogens is 1. The Morgan fingerprint density at radius 3 is 2.74 bits per heavy atom. The fraction of sp³-hybridized carbons (Fsp3) is 0.611. The Labute approximate surface area is 156 Å². The number of esters is 1. The number of hydrogen-bond donors (Lipinski definition) is 1. The van der Waals surface area contributed by atoms with Crippen LogP contribution >= 0.6 is 0 Å². The third-order valence-corrected chi connectivity index (χ3v) is 4.80. The molecule has 0 aromatic carbocycles. The van der Waals surface area contributed by atoms with Gasteiger partial charge >= 0.3 is 5.97 Å². The van der Waals surface area contributed by atoms with Crippen LogP contribution in [0.25, 0.3) is 0 Å². The van der Waals surface area contributed by atoms with E-state index in [2.05, 4.69) is 10.3 Å². The highest BCUT2D eigenvalue weighted by molar-refractivity contribution is 5.89. The van der Waals surface area contributed by atoms with Gasteiger partial charge in [0.1, 0.15) is 5.82 Å². The van der Waals surface area contributed by atoms with Crippen LogP contribution in [0.5, 0.6) is 0 Å². The smallest absolute Gasteiger partial charge is 0.339 e. The van der Waals surface area contributed by atoms with Crippen molar-refractivity contribution in [2.45, 2.75) is 31.7 Å². The second-order valence-electron chi connectivity index (χ2n) is 6.78. The molecule has 0 radical (unpaired) electrons. The van der Waals surface area contributed by atoms with Gasteiger partial charge in [0.05, 0.1) is 24.8 Å². The third-order valence-electron chi connectivity index (χ3n) is 4.80. The van der Waals surface area contributed by atoms with Gasteiger partial charge < -0.3 is 14.5 Å². The second kappa shape index (κ2) is 8.16. The van der Waals surface area contributed by atoms with Crippen LogP contribution in [0, 0.1) is 0 Å². The van der Waals surface area contributed by atoms with E-state index in [0.29, 0.717) is 44.2 Å². The van der Waals surface area contributed by atoms with Crippen LogP contribution < -0.4 is 10.2 Å². The molecule has 2 aliphatic heterocycles. The molecule has 148 valence electrons. The number of pyridine rings is 1. The SMILES string of the molecule is CCOC(=O)c1ccc(N2CCCN(C(=O)C3CC(F)(F)CN3)CC2)nc1. The van der Waals surface area contributed by atoms with E-state index in [4.69, 9.17) is 4.74 Å². The number of amides is 1. The molecule has 27 heavy (non-hydrogen) atoms. The van der Waals surface area contributed by atoms with Gasteiger partial charge in [0.25, 0.3) is 5.92 Å². The third kappa shape index (κ3) is 4.71. The largest absolute Gasteiger partial charge is 0.462 e. The molecule has 3 heterocycles. The molecule has 9 heteroatoms. The minimum absolute atomic E-state index is 0.264. The number of ether oxygens (including phenoxy) is 1. The summed E-state index contributed by atoms with van der Waals surface area (Å²) < 4.78 is 31.6. The molecule has 1 amide bonds. The maximum absolute atomic E-state index is 13.3. The normalized spacial score (nSPS) is 22.4. The van der Waals surface area contributed by atoms with Gasteiger partial charge in [0.15, 0.2) is 0 Å². The van der Waals surface area contributed by atoms with E-state index in [-0.39, 0.29) is 5.91 Å². The van der Waals surface area contributed by atoms with Gasteiger partial charge in [-0.2, -0.15) is 0 Å². The van der Waals surface area contributed by atoms with Crippen LogP contribution in [0.15, 0.2) is 18.3 Å². The molecule has 0 aliphatic carbocycles. The zero-order valence-corrected chi connectivity index (χ0v) is 15.3. The Balaban J connectivity index is 1.58. The molecular formula is C18H24F2N4O3. The molecule has 1 atom stereocenters. The molecule has 1 aromatic rings. The Morgan fingerprint density at radius 2 is 2.11 bits per heavy atom. The van der Waals surface area contributed by atoms with Crippen LogP contribution in [0.1, 0.15) is 30.1 Å². The van der Waals surface area contributed by atoms with Crippen molar-refractivity contribution in [1.29, 1.82) is 0 Å². The van der Waals surface area contributed by atoms with Crippen LogP contribution in [-0.4, -0.2) is 73.1 Å². The molecule has 3 rings (SSSR count). The highest BCUT2D eigenvalue weighted by Gasteiger charge is 2.43. The summed E-state index contributed by atoms with van der Waals surface area (Å²) in [6.07, 6.45) is 1.75. The summed E-state index contributed by atoms with van der Waals surface area (Å²) in [5.74, 6) is -2.78. The van der Waals surface area contributed by atoms with E-state index < -0.39 is 30.9 Å². The van der Waals surface area contributed by atoms with E-state index in [1.807, 2.05) is 4.90 Å². The predicted octanol–water partition coefficient (Wildman–Crippen LogP) is 1.29. The predicted molar refractivity (Wildman–Crippen MR) is 95.0 cm³/mol. The van der Waals surface area contributed by atoms with Crippen LogP contribution in [0.3, 0.4) is 0 Å². The molecule has 2 fully saturated rings. The summed E-state index contributed by atoms with van der Waals surface area (Å²) in [5, 5.41) is 2.62. The Bertz CT molecular complexity index is 684. The maximum Gasteiger partial charge on any atom is 0.339 e. The standard InChI is InChI=1S/C18H24F2N4O3/c1-2-27-17(26)13-4-5-15(21-11-13)23-6-3-7-24(9-8-23)16(25)14-10-18(19,20)12-22-14/h4-5,11,14,22H,2-3,6-10,12H2,1H3. The van der Waals surface area contributed by atoms with Gasteiger partial charge in [0.2, 0.25) is 5.91 Å². The minimum atomic E-state index is -2.82. The molecule has 2 aliphatic rings. The summed E-state index contributed by atoms with van der Waals surface area (Å²) in [6, 6.07) is 2.61. The first-order valence-corrected chi connectivity index (χ1v) is 9.18. The molecule has 1 N–H and O–H groups in total. The average Bonchev–Trinajstić information content (AvgIpc) is 2.86. The summed E-state index contributed by atoms with van der Waals surface area (Å²) in [6.45, 7) is 3.83. The molecule has 0 saturated carbocycles. The highest BCUT2D eigenvalue weighted by Crippen LogP contribution is 2.26. The monoisotopic (exact) mass is 382 g/mol. The lowest BCUT2D eigenvalue weighted by molar-refractivity contribution is -0.133. The van der Waals surface area contributed by atoms with E-state index in [1.54, 1.807) is 24.0 Å². The number of carbonyl (C=O) groups is 2. The van der Waals surface area contributed by atoms with Crippen LogP contribution in [0.2, 0.25) is 0 Å². The lowest BCUT2D eigenvalue weighted by Gasteiger charge is -2.25. The number of rotatable bonds is 4. The molecular weight excluding hydrogens is 358 g/mol. The first-order valence-electron chi connectivity index (χ1n) is 9.18. The fourth-order valence-electron chi connectivity index (χ4n) is 3.39. The number of alkyl halides is 2. The molecule has 0 bridgehead atoms. The number of nitrogens with one attached hydrogen (secondary N) is 1. The molecule has 7 nitrogen and oxygen atoms in total. The molecule has 2 saturated heterocycles. The molecule has 1 unspecified atom stereocenters. The van der Waals surface area contributed by atoms with E-state index >= 15 is 0 Å². The van der Waals surface area contributed by atoms with E-state index in [9.17, 15) is 18.4 Å². The molecule has 1 aromatic heterocycles. The minimum Gasteiger partial charge on any atom is -0.462 e. The van der Waals surface area contributed by atoms with Gasteiger partial charge in [-0.1, -0.05) is 0 Å². The summed E-state index contributed by atoms with van der Waals surface area (Å²) in [5.41, 5.74) is 0.389. The number of hydrogen-bond acceptors (Lipinski definition) is 6. The fourth-order valence-corrected chi connectivity index (χ4v) is 3.39. The van der Waals surface area contributed by atoms with Gasteiger partial charge in [-0.25, -0.2) is 18.6 Å². The Kier molecular flexibility index (Phi) is 5.88. The van der Waals surface area contributed by atoms with E-state index in [1.165, 1.54) is 6.20 Å². The second-order valence-corrected chi connectivity index (χ2v) is 6.78. The van der Waals surface area contributed by atoms with Crippen molar-refractivity contribution in [2.75, 3.05) is 44.2 Å². The Hall–Kier alpha value is -2.29. The lowest BCUT2D eigenvalue weighted by Crippen LogP contribution is -2.45. The first kappa shape index (κ1) is 19.5. The quantitative estimate of drug-likeness (QED) is 0.791. The zero-order chi connectivity index (χ0) is 19.4. The number of anilines is 1. The number of carbonyl (C=O) groups excluding carboxylic acids is 2. The van der Waals surface area contributed by atoms with Crippen LogP contribution in [0.4, 0.5) is 14.6 Å². The van der Waals surface area contributed by atoms with Crippen molar-refractivity contribution in [3.05, 3.63) is 23.9 Å². The van der Waals surface area contributed by atoms with Gasteiger partial charge in [-0.15, -0.1) is 0 Å². The molecule has 0 spiro atoms. The Morgan fingerprint density at radius 1 is 1.30 bits per heavy atom. The average molecular weight is 382 g/mol. The van der Waals surface area contributed by atoms with Crippen molar-refractivity contribution in [1.82, 2.24) is 15.2 Å². The number of halogens is 2. The first-order chi connectivity index (χ1) is 12.9. The van der Waals surface area contributed by atoms with Crippen LogP contribution in [-0.2, 0) is 9.53 Å². The summed E-state index contributed by atoms with van der Waals surface area (Å²) >= 11 is 0. The zero-order valence-electron chi connectivity index (χ0n) is 15.3. The van der Waals surface area contributed by atoms with Gasteiger partial charge in [-0.3, -0.25) is 10.1 Å². The lowest BCUT2D eigenvalue weighted by atomic mass is 10.1. The highest BCUT2D eigenvalue weighted by atomic mass is 19.3. The van der Waals surface area contributed by atoms with Crippen molar-refractivity contribution < 1.29 is 23.1 Å². The van der Waals surface area contributed by atoms with Crippen molar-refractivity contribution in [2.24, 2.45) is 0 Å². The van der Waals surface area contributed by atoms with Gasteiger partial charge in [-0.05, 0) is 25.5 Å². The summed E-state index contributed by atoms with van der Waals surface area (Å²) in [4.78, 5) is 32.2. The van der Waals surface area contributed by atoms with Crippen molar-refractivity contribution in [3.8, 4) is 0 Å². The van der Waals surface area contributed by atoms with E-state index in [0.717, 1.165) is 6.42 Å². The van der Waals surface area contributed by atoms with Crippen molar-refractivity contribution >= 4 is 17.7 Å². The number of nitrogens with zero attached hydrogens (tertiary/aromatic N) is 3. The van der Waals surface area contributed by atoms with Crippen molar-refractivity contribution in [3.63, 3.8) is 0 Å². The maximum atomic E-state index is 13.3. The van der Waals surface area contributed by atoms with Gasteiger partial charge in [0, 0.05) is 38.8 Å². The topological polar surface area (TPSA) is 74.8 Å². The summed E-state index contributed by atoms with van der Waals surface area (Å²) in [7, 11) is 0.